The Morgan fingerprint density at radius 3 is 2.14 bits per heavy atom. The van der Waals surface area contributed by atoms with Crippen molar-refractivity contribution in [2.75, 3.05) is 13.1 Å². The maximum atomic E-state index is 12.9. The highest BCUT2D eigenvalue weighted by atomic mass is 32.2. The fourth-order valence-electron chi connectivity index (χ4n) is 2.44. The van der Waals surface area contributed by atoms with Crippen molar-refractivity contribution in [3.8, 4) is 0 Å². The summed E-state index contributed by atoms with van der Waals surface area (Å²) < 4.78 is 77.5. The van der Waals surface area contributed by atoms with Gasteiger partial charge in [-0.05, 0) is 31.7 Å². The normalized spacial score (nSPS) is 12.4. The number of alkyl halides is 6. The van der Waals surface area contributed by atoms with Gasteiger partial charge in [0.05, 0.1) is 10.4 Å². The van der Waals surface area contributed by atoms with Crippen LogP contribution in [0.25, 0.3) is 11.0 Å². The molecule has 2 rings (SSSR count). The van der Waals surface area contributed by atoms with Crippen LogP contribution in [0, 0.1) is 10.1 Å². The number of nitro benzene ring substituents is 1. The van der Waals surface area contributed by atoms with E-state index in [2.05, 4.69) is 4.98 Å². The summed E-state index contributed by atoms with van der Waals surface area (Å²) in [6, 6.07) is 0.324. The minimum absolute atomic E-state index is 0.0875. The lowest BCUT2D eigenvalue weighted by Crippen LogP contribution is -2.34. The number of aromatic nitrogens is 2. The molecule has 29 heavy (non-hydrogen) atoms. The molecule has 160 valence electrons. The predicted molar refractivity (Wildman–Crippen MR) is 93.9 cm³/mol. The third-order valence-electron chi connectivity index (χ3n) is 3.55. The summed E-state index contributed by atoms with van der Waals surface area (Å²) >= 11 is -1.48. The van der Waals surface area contributed by atoms with E-state index >= 15 is 0 Å². The highest BCUT2D eigenvalue weighted by Crippen LogP contribution is 2.43. The molecule has 1 heterocycles. The van der Waals surface area contributed by atoms with Gasteiger partial charge < -0.3 is 4.90 Å². The van der Waals surface area contributed by atoms with E-state index in [0.717, 1.165) is 11.0 Å². The van der Waals surface area contributed by atoms with E-state index in [4.69, 9.17) is 0 Å². The van der Waals surface area contributed by atoms with Crippen LogP contribution in [0.1, 0.15) is 13.8 Å². The zero-order valence-electron chi connectivity index (χ0n) is 14.7. The summed E-state index contributed by atoms with van der Waals surface area (Å²) in [7, 11) is 0. The summed E-state index contributed by atoms with van der Waals surface area (Å²) in [6.45, 7) is 3.27. The number of nitrogens with zero attached hydrogens (tertiary/aromatic N) is 4. The van der Waals surface area contributed by atoms with Gasteiger partial charge in [0.15, 0.2) is 10.7 Å². The Morgan fingerprint density at radius 2 is 1.69 bits per heavy atom. The fourth-order valence-corrected chi connectivity index (χ4v) is 3.66. The summed E-state index contributed by atoms with van der Waals surface area (Å²) in [4.78, 5) is 27.0. The molecule has 0 saturated heterocycles. The number of amides is 1. The van der Waals surface area contributed by atoms with Gasteiger partial charge in [-0.15, -0.1) is 0 Å². The van der Waals surface area contributed by atoms with Crippen molar-refractivity contribution in [3.05, 3.63) is 22.2 Å². The fraction of sp³-hybridized carbons (Fsp3) is 0.429. The Hall–Kier alpha value is -2.16. The molecule has 0 radical (unpaired) electrons. The summed E-state index contributed by atoms with van der Waals surface area (Å²) in [5.74, 6) is 0. The molecule has 1 amide bonds. The van der Waals surface area contributed by atoms with Crippen LogP contribution in [0.2, 0.25) is 0 Å². The number of hydrogen-bond acceptors (Lipinski definition) is 6. The maximum absolute atomic E-state index is 12.9. The molecule has 2 aromatic rings. The van der Waals surface area contributed by atoms with Gasteiger partial charge in [-0.25, -0.2) is 14.3 Å². The van der Waals surface area contributed by atoms with Gasteiger partial charge in [-0.2, -0.15) is 26.3 Å². The first-order valence-corrected chi connectivity index (χ1v) is 9.42. The number of hydrogen-bond donors (Lipinski definition) is 0. The van der Waals surface area contributed by atoms with Crippen molar-refractivity contribution in [1.29, 1.82) is 0 Å². The first-order chi connectivity index (χ1) is 13.3. The monoisotopic (exact) mass is 462 g/mol. The number of fused-ring (bicyclic) bond motifs is 1. The number of nitro groups is 1. The molecule has 15 heteroatoms. The van der Waals surface area contributed by atoms with E-state index in [9.17, 15) is 41.3 Å². The smallest absolute Gasteiger partial charge is 0.325 e. The molecule has 1 aromatic heterocycles. The lowest BCUT2D eigenvalue weighted by atomic mass is 10.2. The molecule has 0 spiro atoms. The van der Waals surface area contributed by atoms with Crippen molar-refractivity contribution in [2.24, 2.45) is 0 Å². The molecule has 0 atom stereocenters. The van der Waals surface area contributed by atoms with Gasteiger partial charge in [-0.3, -0.25) is 10.1 Å². The van der Waals surface area contributed by atoms with Crippen LogP contribution in [-0.4, -0.2) is 49.5 Å². The Balaban J connectivity index is 2.84. The largest absolute Gasteiger partial charge is 0.449 e. The second-order valence-electron chi connectivity index (χ2n) is 5.35. The van der Waals surface area contributed by atoms with Crippen molar-refractivity contribution in [3.63, 3.8) is 0 Å². The highest BCUT2D eigenvalue weighted by molar-refractivity contribution is 8.00. The standard InChI is InChI=1S/C14H12F6N4O3S2/c1-3-22(4-2)12(25)23-8-5-7(28-13(15,16)17)6-9(24(26)27)10(8)21-11(23)29-14(18,19)20/h5-6H,3-4H2,1-2H3. The summed E-state index contributed by atoms with van der Waals surface area (Å²) in [5, 5.41) is 10.4. The zero-order valence-corrected chi connectivity index (χ0v) is 16.3. The molecule has 0 aliphatic rings. The molecular formula is C14H12F6N4O3S2. The first kappa shape index (κ1) is 23.1. The molecule has 0 saturated carbocycles. The lowest BCUT2D eigenvalue weighted by molar-refractivity contribution is -0.383. The second kappa shape index (κ2) is 8.30. The number of rotatable bonds is 5. The SMILES string of the molecule is CCN(CC)C(=O)n1c(SC(F)(F)F)nc2c([N+](=O)[O-])cc(SC(F)(F)F)cc21. The predicted octanol–water partition coefficient (Wildman–Crippen LogP) is 5.48. The van der Waals surface area contributed by atoms with Gasteiger partial charge in [0.25, 0.3) is 5.69 Å². The summed E-state index contributed by atoms with van der Waals surface area (Å²) in [5.41, 5.74) is -11.8. The number of non-ortho nitro benzene ring substituents is 1. The number of imidazole rings is 1. The van der Waals surface area contributed by atoms with E-state index in [0.29, 0.717) is 10.6 Å². The number of halogens is 6. The molecule has 0 bridgehead atoms. The van der Waals surface area contributed by atoms with E-state index in [1.165, 1.54) is 0 Å². The highest BCUT2D eigenvalue weighted by Gasteiger charge is 2.37. The minimum atomic E-state index is -4.89. The van der Waals surface area contributed by atoms with Crippen LogP contribution >= 0.6 is 23.5 Å². The van der Waals surface area contributed by atoms with Crippen molar-refractivity contribution < 1.29 is 36.1 Å². The molecule has 0 aliphatic carbocycles. The third kappa shape index (κ3) is 5.46. The average molecular weight is 462 g/mol. The molecular weight excluding hydrogens is 450 g/mol. The van der Waals surface area contributed by atoms with Gasteiger partial charge in [-0.1, -0.05) is 0 Å². The summed E-state index contributed by atoms with van der Waals surface area (Å²) in [6.07, 6.45) is 0. The van der Waals surface area contributed by atoms with Crippen molar-refractivity contribution in [2.45, 2.75) is 34.9 Å². The van der Waals surface area contributed by atoms with Gasteiger partial charge in [0.2, 0.25) is 0 Å². The first-order valence-electron chi connectivity index (χ1n) is 7.79. The molecule has 0 fully saturated rings. The molecule has 7 nitrogen and oxygen atoms in total. The van der Waals surface area contributed by atoms with Gasteiger partial charge in [0.1, 0.15) is 0 Å². The number of benzene rings is 1. The van der Waals surface area contributed by atoms with Gasteiger partial charge >= 0.3 is 17.0 Å². The Kier molecular flexibility index (Phi) is 6.61. The molecule has 0 N–H and O–H groups in total. The van der Waals surface area contributed by atoms with E-state index < -0.39 is 72.3 Å². The quantitative estimate of drug-likeness (QED) is 0.253. The minimum Gasteiger partial charge on any atom is -0.325 e. The van der Waals surface area contributed by atoms with Crippen molar-refractivity contribution >= 4 is 46.3 Å². The maximum Gasteiger partial charge on any atom is 0.449 e. The van der Waals surface area contributed by atoms with E-state index in [-0.39, 0.29) is 13.1 Å². The number of carbonyl (C=O) groups is 1. The van der Waals surface area contributed by atoms with Crippen LogP contribution in [0.15, 0.2) is 22.2 Å². The number of carbonyl (C=O) groups excluding carboxylic acids is 1. The average Bonchev–Trinajstić information content (AvgIpc) is 2.88. The second-order valence-corrected chi connectivity index (χ2v) is 7.52. The molecule has 0 aliphatic heterocycles. The third-order valence-corrected chi connectivity index (χ3v) is 4.94. The Bertz CT molecular complexity index is 940. The van der Waals surface area contributed by atoms with Gasteiger partial charge in [0, 0.05) is 35.8 Å². The topological polar surface area (TPSA) is 81.3 Å². The Labute approximate surface area is 167 Å². The van der Waals surface area contributed by atoms with E-state index in [1.807, 2.05) is 0 Å². The lowest BCUT2D eigenvalue weighted by Gasteiger charge is -2.20. The Morgan fingerprint density at radius 1 is 1.14 bits per heavy atom. The molecule has 0 unspecified atom stereocenters. The van der Waals surface area contributed by atoms with Crippen molar-refractivity contribution in [1.82, 2.24) is 14.5 Å². The van der Waals surface area contributed by atoms with Crippen LogP contribution in [0.5, 0.6) is 0 Å². The molecule has 1 aromatic carbocycles. The van der Waals surface area contributed by atoms with Crippen LogP contribution < -0.4 is 0 Å². The van der Waals surface area contributed by atoms with E-state index in [1.54, 1.807) is 13.8 Å². The number of thioether (sulfide) groups is 2. The van der Waals surface area contributed by atoms with Crippen LogP contribution in [0.4, 0.5) is 36.8 Å². The zero-order chi connectivity index (χ0) is 22.1. The van der Waals surface area contributed by atoms with Crippen LogP contribution in [0.3, 0.4) is 0 Å². The van der Waals surface area contributed by atoms with Crippen LogP contribution in [-0.2, 0) is 0 Å².